The molecule has 0 fully saturated rings. The number of methoxy groups -OCH3 is 1. The van der Waals surface area contributed by atoms with E-state index in [2.05, 4.69) is 30.1 Å². The van der Waals surface area contributed by atoms with Crippen molar-refractivity contribution in [3.05, 3.63) is 29.3 Å². The van der Waals surface area contributed by atoms with Crippen molar-refractivity contribution in [2.45, 2.75) is 20.4 Å². The number of nitrogens with one attached hydrogen (secondary N) is 1. The highest BCUT2D eigenvalue weighted by Gasteiger charge is 2.04. The van der Waals surface area contributed by atoms with Gasteiger partial charge in [0.2, 0.25) is 0 Å². The average molecular weight is 261 g/mol. The lowest BCUT2D eigenvalue weighted by molar-refractivity contribution is 0.302. The van der Waals surface area contributed by atoms with Crippen LogP contribution >= 0.6 is 0 Å². The van der Waals surface area contributed by atoms with Crippen LogP contribution in [0, 0.1) is 11.3 Å². The van der Waals surface area contributed by atoms with E-state index in [1.54, 1.807) is 13.2 Å². The average Bonchev–Trinajstić information content (AvgIpc) is 2.47. The first kappa shape index (κ1) is 15.5. The van der Waals surface area contributed by atoms with Gasteiger partial charge in [-0.3, -0.25) is 0 Å². The van der Waals surface area contributed by atoms with Crippen LogP contribution in [0.2, 0.25) is 0 Å². The number of hydrogen-bond acceptors (Lipinski definition) is 4. The van der Waals surface area contributed by atoms with Crippen LogP contribution in [-0.4, -0.2) is 38.2 Å². The molecule has 0 aliphatic rings. The quantitative estimate of drug-likeness (QED) is 0.727. The number of hydrogen-bond donors (Lipinski definition) is 1. The molecule has 4 heteroatoms. The lowest BCUT2D eigenvalue weighted by Gasteiger charge is -2.18. The van der Waals surface area contributed by atoms with Crippen molar-refractivity contribution in [1.29, 1.82) is 5.26 Å². The Morgan fingerprint density at radius 3 is 2.63 bits per heavy atom. The van der Waals surface area contributed by atoms with E-state index in [9.17, 15) is 0 Å². The van der Waals surface area contributed by atoms with Crippen LogP contribution in [0.4, 0.5) is 0 Å². The number of nitrogens with zero attached hydrogens (tertiary/aromatic N) is 2. The first-order chi connectivity index (χ1) is 9.24. The van der Waals surface area contributed by atoms with Crippen molar-refractivity contribution < 1.29 is 4.74 Å². The Morgan fingerprint density at radius 2 is 2.05 bits per heavy atom. The third-order valence-electron chi connectivity index (χ3n) is 3.22. The van der Waals surface area contributed by atoms with Gasteiger partial charge in [0.25, 0.3) is 0 Å². The molecule has 1 aromatic rings. The zero-order valence-electron chi connectivity index (χ0n) is 12.1. The molecule has 0 spiro atoms. The molecule has 0 saturated carbocycles. The summed E-state index contributed by atoms with van der Waals surface area (Å²) >= 11 is 0. The Balaban J connectivity index is 2.50. The number of benzene rings is 1. The predicted octanol–water partition coefficient (Wildman–Crippen LogP) is 2.00. The maximum atomic E-state index is 8.92. The predicted molar refractivity (Wildman–Crippen MR) is 77.2 cm³/mol. The molecule has 0 saturated heterocycles. The van der Waals surface area contributed by atoms with Gasteiger partial charge in [-0.05, 0) is 31.3 Å². The fourth-order valence-corrected chi connectivity index (χ4v) is 1.99. The van der Waals surface area contributed by atoms with E-state index >= 15 is 0 Å². The number of ether oxygens (including phenoxy) is 1. The first-order valence-electron chi connectivity index (χ1n) is 6.75. The molecule has 0 aliphatic heterocycles. The Hall–Kier alpha value is -1.57. The van der Waals surface area contributed by atoms with E-state index in [4.69, 9.17) is 10.00 Å². The molecular weight excluding hydrogens is 238 g/mol. The van der Waals surface area contributed by atoms with Gasteiger partial charge in [0.15, 0.2) is 0 Å². The summed E-state index contributed by atoms with van der Waals surface area (Å²) in [6, 6.07) is 7.66. The summed E-state index contributed by atoms with van der Waals surface area (Å²) in [4.78, 5) is 2.37. The largest absolute Gasteiger partial charge is 0.496 e. The van der Waals surface area contributed by atoms with Crippen molar-refractivity contribution in [3.63, 3.8) is 0 Å². The van der Waals surface area contributed by atoms with Gasteiger partial charge in [-0.1, -0.05) is 13.8 Å². The van der Waals surface area contributed by atoms with Crippen molar-refractivity contribution in [2.75, 3.05) is 33.3 Å². The molecule has 0 aromatic heterocycles. The Morgan fingerprint density at radius 1 is 1.32 bits per heavy atom. The van der Waals surface area contributed by atoms with Crippen LogP contribution < -0.4 is 10.1 Å². The van der Waals surface area contributed by atoms with Crippen LogP contribution in [-0.2, 0) is 6.54 Å². The minimum absolute atomic E-state index is 0.668. The molecule has 1 N–H and O–H groups in total. The first-order valence-corrected chi connectivity index (χ1v) is 6.75. The van der Waals surface area contributed by atoms with E-state index in [-0.39, 0.29) is 0 Å². The summed E-state index contributed by atoms with van der Waals surface area (Å²) in [7, 11) is 1.65. The minimum atomic E-state index is 0.668. The number of rotatable bonds is 8. The lowest BCUT2D eigenvalue weighted by atomic mass is 10.1. The second-order valence-corrected chi connectivity index (χ2v) is 4.34. The molecule has 4 nitrogen and oxygen atoms in total. The maximum Gasteiger partial charge on any atom is 0.123 e. The van der Waals surface area contributed by atoms with E-state index in [1.165, 1.54) is 0 Å². The van der Waals surface area contributed by atoms with Gasteiger partial charge in [-0.15, -0.1) is 0 Å². The smallest absolute Gasteiger partial charge is 0.123 e. The van der Waals surface area contributed by atoms with E-state index in [1.807, 2.05) is 12.1 Å². The van der Waals surface area contributed by atoms with Crippen molar-refractivity contribution >= 4 is 0 Å². The van der Waals surface area contributed by atoms with Gasteiger partial charge in [0.1, 0.15) is 5.75 Å². The second kappa shape index (κ2) is 8.52. The third-order valence-corrected chi connectivity index (χ3v) is 3.22. The summed E-state index contributed by atoms with van der Waals surface area (Å²) in [5.74, 6) is 0.828. The number of nitriles is 1. The monoisotopic (exact) mass is 261 g/mol. The van der Waals surface area contributed by atoms with E-state index in [0.29, 0.717) is 5.56 Å². The Kier molecular flexibility index (Phi) is 6.94. The minimum Gasteiger partial charge on any atom is -0.496 e. The van der Waals surface area contributed by atoms with E-state index < -0.39 is 0 Å². The molecular formula is C15H23N3O. The van der Waals surface area contributed by atoms with Gasteiger partial charge in [-0.25, -0.2) is 0 Å². The summed E-state index contributed by atoms with van der Waals surface area (Å²) < 4.78 is 5.31. The standard InChI is InChI=1S/C15H23N3O/c1-4-18(5-2)9-8-17-12-14-10-13(11-16)6-7-15(14)19-3/h6-7,10,17H,4-5,8-9,12H2,1-3H3. The molecule has 19 heavy (non-hydrogen) atoms. The molecule has 0 radical (unpaired) electrons. The molecule has 0 aliphatic carbocycles. The lowest BCUT2D eigenvalue weighted by Crippen LogP contribution is -2.31. The van der Waals surface area contributed by atoms with Gasteiger partial charge in [0, 0.05) is 25.2 Å². The molecule has 1 aromatic carbocycles. The van der Waals surface area contributed by atoms with Crippen LogP contribution in [0.25, 0.3) is 0 Å². The molecule has 0 bridgehead atoms. The molecule has 0 amide bonds. The van der Waals surface area contributed by atoms with Crippen molar-refractivity contribution in [2.24, 2.45) is 0 Å². The summed E-state index contributed by atoms with van der Waals surface area (Å²) in [5.41, 5.74) is 1.70. The highest BCUT2D eigenvalue weighted by Crippen LogP contribution is 2.19. The molecule has 0 atom stereocenters. The fourth-order valence-electron chi connectivity index (χ4n) is 1.99. The summed E-state index contributed by atoms with van der Waals surface area (Å²) in [6.07, 6.45) is 0. The maximum absolute atomic E-state index is 8.92. The molecule has 0 unspecified atom stereocenters. The van der Waals surface area contributed by atoms with Gasteiger partial charge in [0.05, 0.1) is 18.7 Å². The van der Waals surface area contributed by atoms with Crippen LogP contribution in [0.3, 0.4) is 0 Å². The normalized spacial score (nSPS) is 10.5. The fraction of sp³-hybridized carbons (Fsp3) is 0.533. The SMILES string of the molecule is CCN(CC)CCNCc1cc(C#N)ccc1OC. The summed E-state index contributed by atoms with van der Waals surface area (Å²) in [5, 5.41) is 12.3. The zero-order valence-corrected chi connectivity index (χ0v) is 12.1. The van der Waals surface area contributed by atoms with Gasteiger partial charge in [-0.2, -0.15) is 5.26 Å². The second-order valence-electron chi connectivity index (χ2n) is 4.34. The Labute approximate surface area is 116 Å². The van der Waals surface area contributed by atoms with Gasteiger partial charge < -0.3 is 15.0 Å². The van der Waals surface area contributed by atoms with Crippen LogP contribution in [0.15, 0.2) is 18.2 Å². The Bertz CT molecular complexity index is 422. The highest BCUT2D eigenvalue weighted by molar-refractivity contribution is 5.41. The molecule has 104 valence electrons. The summed E-state index contributed by atoms with van der Waals surface area (Å²) in [6.45, 7) is 9.18. The topological polar surface area (TPSA) is 48.3 Å². The van der Waals surface area contributed by atoms with E-state index in [0.717, 1.165) is 44.0 Å². The van der Waals surface area contributed by atoms with Crippen LogP contribution in [0.1, 0.15) is 25.0 Å². The zero-order chi connectivity index (χ0) is 14.1. The molecule has 0 heterocycles. The van der Waals surface area contributed by atoms with Crippen LogP contribution in [0.5, 0.6) is 5.75 Å². The van der Waals surface area contributed by atoms with Crippen molar-refractivity contribution in [3.8, 4) is 11.8 Å². The third kappa shape index (κ3) is 4.90. The molecule has 1 rings (SSSR count). The highest BCUT2D eigenvalue weighted by atomic mass is 16.5. The van der Waals surface area contributed by atoms with Crippen molar-refractivity contribution in [1.82, 2.24) is 10.2 Å². The number of likely N-dealkylation sites (N-methyl/N-ethyl adjacent to an activating group) is 1. The van der Waals surface area contributed by atoms with Gasteiger partial charge >= 0.3 is 0 Å².